The van der Waals surface area contributed by atoms with Crippen LogP contribution in [0.2, 0.25) is 5.02 Å². The minimum atomic E-state index is 0.196. The smallest absolute Gasteiger partial charge is 0.119 e. The molecule has 0 aliphatic rings. The van der Waals surface area contributed by atoms with Gasteiger partial charge in [0.1, 0.15) is 12.4 Å². The summed E-state index contributed by atoms with van der Waals surface area (Å²) in [5.41, 5.74) is 2.28. The predicted molar refractivity (Wildman–Crippen MR) is 89.2 cm³/mol. The quantitative estimate of drug-likeness (QED) is 0.795. The first-order valence-corrected chi connectivity index (χ1v) is 7.75. The molecule has 2 aromatic carbocycles. The maximum atomic E-state index is 6.04. The largest absolute Gasteiger partial charge is 0.492 e. The van der Waals surface area contributed by atoms with Crippen molar-refractivity contribution >= 4 is 11.6 Å². The van der Waals surface area contributed by atoms with Gasteiger partial charge in [0.25, 0.3) is 0 Å². The third-order valence-electron chi connectivity index (χ3n) is 3.39. The van der Waals surface area contributed by atoms with Crippen LogP contribution in [0.5, 0.6) is 5.75 Å². The van der Waals surface area contributed by atoms with Crippen molar-refractivity contribution < 1.29 is 4.74 Å². The minimum absolute atomic E-state index is 0.196. The van der Waals surface area contributed by atoms with E-state index in [1.165, 1.54) is 5.56 Å². The number of ether oxygens (including phenoxy) is 1. The fourth-order valence-electron chi connectivity index (χ4n) is 2.16. The molecule has 1 N–H and O–H groups in total. The van der Waals surface area contributed by atoms with Gasteiger partial charge in [0.2, 0.25) is 0 Å². The number of benzene rings is 2. The molecule has 1 atom stereocenters. The van der Waals surface area contributed by atoms with Gasteiger partial charge in [0, 0.05) is 5.02 Å². The third kappa shape index (κ3) is 4.76. The van der Waals surface area contributed by atoms with Gasteiger partial charge < -0.3 is 10.1 Å². The molecule has 0 aromatic heterocycles. The van der Waals surface area contributed by atoms with Gasteiger partial charge in [-0.3, -0.25) is 0 Å². The summed E-state index contributed by atoms with van der Waals surface area (Å²) < 4.78 is 5.93. The summed E-state index contributed by atoms with van der Waals surface area (Å²) in [6, 6.07) is 16.4. The minimum Gasteiger partial charge on any atom is -0.492 e. The maximum absolute atomic E-state index is 6.04. The Hall–Kier alpha value is -1.51. The average molecular weight is 304 g/mol. The molecule has 112 valence electrons. The zero-order valence-electron chi connectivity index (χ0n) is 12.6. The topological polar surface area (TPSA) is 21.3 Å². The van der Waals surface area contributed by atoms with Crippen molar-refractivity contribution in [2.45, 2.75) is 26.3 Å². The van der Waals surface area contributed by atoms with Crippen molar-refractivity contribution in [3.05, 3.63) is 64.7 Å². The van der Waals surface area contributed by atoms with Crippen LogP contribution in [0.15, 0.2) is 48.5 Å². The lowest BCUT2D eigenvalue weighted by molar-refractivity contribution is 0.266. The van der Waals surface area contributed by atoms with E-state index in [4.69, 9.17) is 16.3 Å². The fourth-order valence-corrected chi connectivity index (χ4v) is 2.28. The van der Waals surface area contributed by atoms with Crippen molar-refractivity contribution in [3.8, 4) is 5.75 Å². The van der Waals surface area contributed by atoms with Crippen molar-refractivity contribution in [2.24, 2.45) is 0 Å². The van der Waals surface area contributed by atoms with Crippen LogP contribution < -0.4 is 10.1 Å². The molecule has 0 saturated heterocycles. The van der Waals surface area contributed by atoms with Gasteiger partial charge in [0.05, 0.1) is 6.04 Å². The van der Waals surface area contributed by atoms with Gasteiger partial charge in [0.15, 0.2) is 0 Å². The molecule has 0 bridgehead atoms. The first-order chi connectivity index (χ1) is 10.2. The van der Waals surface area contributed by atoms with Crippen LogP contribution in [-0.4, -0.2) is 13.2 Å². The van der Waals surface area contributed by atoms with E-state index in [1.54, 1.807) is 0 Å². The van der Waals surface area contributed by atoms with Gasteiger partial charge in [-0.05, 0) is 49.2 Å². The second kappa shape index (κ2) is 8.06. The lowest BCUT2D eigenvalue weighted by Crippen LogP contribution is -2.27. The Labute approximate surface area is 132 Å². The molecular weight excluding hydrogens is 282 g/mol. The van der Waals surface area contributed by atoms with Crippen LogP contribution in [0.4, 0.5) is 0 Å². The molecular formula is C18H22ClNO. The zero-order chi connectivity index (χ0) is 15.1. The normalized spacial score (nSPS) is 12.1. The maximum Gasteiger partial charge on any atom is 0.119 e. The highest BCUT2D eigenvalue weighted by Gasteiger charge is 2.11. The van der Waals surface area contributed by atoms with Gasteiger partial charge in [-0.25, -0.2) is 0 Å². The van der Waals surface area contributed by atoms with Gasteiger partial charge in [-0.2, -0.15) is 0 Å². The first-order valence-electron chi connectivity index (χ1n) is 7.38. The van der Waals surface area contributed by atoms with E-state index in [-0.39, 0.29) is 6.04 Å². The summed E-state index contributed by atoms with van der Waals surface area (Å²) >= 11 is 6.04. The highest BCUT2D eigenvalue weighted by molar-refractivity contribution is 6.31. The van der Waals surface area contributed by atoms with Crippen LogP contribution in [0.1, 0.15) is 30.5 Å². The SMILES string of the molecule is CCCNC(COc1ccc(Cl)c(C)c1)c1ccccc1. The first kappa shape index (κ1) is 15.9. The molecule has 2 nitrogen and oxygen atoms in total. The van der Waals surface area contributed by atoms with E-state index in [0.29, 0.717) is 6.61 Å². The van der Waals surface area contributed by atoms with Gasteiger partial charge in [-0.1, -0.05) is 48.9 Å². The Morgan fingerprint density at radius 3 is 2.57 bits per heavy atom. The second-order valence-electron chi connectivity index (χ2n) is 5.14. The summed E-state index contributed by atoms with van der Waals surface area (Å²) in [7, 11) is 0. The zero-order valence-corrected chi connectivity index (χ0v) is 13.4. The van der Waals surface area contributed by atoms with Crippen LogP contribution in [0.3, 0.4) is 0 Å². The van der Waals surface area contributed by atoms with Crippen molar-refractivity contribution in [2.75, 3.05) is 13.2 Å². The standard InChI is InChI=1S/C18H22ClNO/c1-3-11-20-18(15-7-5-4-6-8-15)13-21-16-9-10-17(19)14(2)12-16/h4-10,12,18,20H,3,11,13H2,1-2H3. The number of hydrogen-bond acceptors (Lipinski definition) is 2. The molecule has 2 aromatic rings. The molecule has 0 saturated carbocycles. The second-order valence-corrected chi connectivity index (χ2v) is 5.55. The van der Waals surface area contributed by atoms with Crippen molar-refractivity contribution in [1.82, 2.24) is 5.32 Å². The van der Waals surface area contributed by atoms with E-state index in [1.807, 2.05) is 31.2 Å². The number of hydrogen-bond donors (Lipinski definition) is 1. The number of nitrogens with one attached hydrogen (secondary N) is 1. The highest BCUT2D eigenvalue weighted by Crippen LogP contribution is 2.22. The molecule has 0 amide bonds. The van der Waals surface area contributed by atoms with Crippen molar-refractivity contribution in [1.29, 1.82) is 0 Å². The van der Waals surface area contributed by atoms with Crippen LogP contribution >= 0.6 is 11.6 Å². The van der Waals surface area contributed by atoms with Crippen LogP contribution in [-0.2, 0) is 0 Å². The van der Waals surface area contributed by atoms with E-state index < -0.39 is 0 Å². The Morgan fingerprint density at radius 1 is 1.14 bits per heavy atom. The number of aryl methyl sites for hydroxylation is 1. The van der Waals surface area contributed by atoms with Gasteiger partial charge in [-0.15, -0.1) is 0 Å². The average Bonchev–Trinajstić information content (AvgIpc) is 2.51. The van der Waals surface area contributed by atoms with E-state index in [9.17, 15) is 0 Å². The summed E-state index contributed by atoms with van der Waals surface area (Å²) in [4.78, 5) is 0. The molecule has 2 rings (SSSR count). The molecule has 0 spiro atoms. The Bertz CT molecular complexity index is 556. The summed E-state index contributed by atoms with van der Waals surface area (Å²) in [5.74, 6) is 0.858. The van der Waals surface area contributed by atoms with Crippen LogP contribution in [0.25, 0.3) is 0 Å². The van der Waals surface area contributed by atoms with E-state index >= 15 is 0 Å². The third-order valence-corrected chi connectivity index (χ3v) is 3.81. The highest BCUT2D eigenvalue weighted by atomic mass is 35.5. The van der Waals surface area contributed by atoms with Crippen LogP contribution in [0, 0.1) is 6.92 Å². The van der Waals surface area contributed by atoms with E-state index in [0.717, 1.165) is 29.3 Å². The number of rotatable bonds is 7. The summed E-state index contributed by atoms with van der Waals surface area (Å²) in [6.45, 7) is 5.73. The van der Waals surface area contributed by atoms with Gasteiger partial charge >= 0.3 is 0 Å². The Morgan fingerprint density at radius 2 is 1.90 bits per heavy atom. The summed E-state index contributed by atoms with van der Waals surface area (Å²) in [5, 5.41) is 4.30. The summed E-state index contributed by atoms with van der Waals surface area (Å²) in [6.07, 6.45) is 1.10. The van der Waals surface area contributed by atoms with Crippen molar-refractivity contribution in [3.63, 3.8) is 0 Å². The molecule has 0 fully saturated rings. The Kier molecular flexibility index (Phi) is 6.09. The lowest BCUT2D eigenvalue weighted by atomic mass is 10.1. The lowest BCUT2D eigenvalue weighted by Gasteiger charge is -2.20. The molecule has 3 heteroatoms. The van der Waals surface area contributed by atoms with E-state index in [2.05, 4.69) is 36.5 Å². The molecule has 0 aliphatic carbocycles. The predicted octanol–water partition coefficient (Wildman–Crippen LogP) is 4.77. The molecule has 1 unspecified atom stereocenters. The monoisotopic (exact) mass is 303 g/mol. The fraction of sp³-hybridized carbons (Fsp3) is 0.333. The number of halogens is 1. The molecule has 0 heterocycles. The Balaban J connectivity index is 2.03. The molecule has 0 aliphatic heterocycles. The molecule has 21 heavy (non-hydrogen) atoms. The molecule has 0 radical (unpaired) electrons.